The molecule has 1 aliphatic rings. The SMILES string of the molecule is CCC1CN(C)CCCN1C(=O)NC[C@H](O)C(=O)O. The second-order valence-electron chi connectivity index (χ2n) is 4.91. The molecule has 1 heterocycles. The van der Waals surface area contributed by atoms with E-state index in [1.54, 1.807) is 4.90 Å². The highest BCUT2D eigenvalue weighted by Gasteiger charge is 2.26. The number of carboxylic acids is 1. The lowest BCUT2D eigenvalue weighted by Crippen LogP contribution is -2.50. The minimum absolute atomic E-state index is 0.120. The van der Waals surface area contributed by atoms with Crippen LogP contribution in [0.2, 0.25) is 0 Å². The molecule has 1 saturated heterocycles. The Kier molecular flexibility index (Phi) is 6.04. The van der Waals surface area contributed by atoms with E-state index in [0.717, 1.165) is 25.9 Å². The van der Waals surface area contributed by atoms with Gasteiger partial charge in [-0.3, -0.25) is 0 Å². The fourth-order valence-corrected chi connectivity index (χ4v) is 2.23. The van der Waals surface area contributed by atoms with Gasteiger partial charge in [-0.15, -0.1) is 0 Å². The first-order valence-corrected chi connectivity index (χ1v) is 6.59. The third-order valence-electron chi connectivity index (χ3n) is 3.37. The van der Waals surface area contributed by atoms with Crippen molar-refractivity contribution < 1.29 is 19.8 Å². The van der Waals surface area contributed by atoms with Crippen molar-refractivity contribution in [2.45, 2.75) is 31.9 Å². The zero-order chi connectivity index (χ0) is 14.4. The predicted octanol–water partition coefficient (Wildman–Crippen LogP) is -0.442. The lowest BCUT2D eigenvalue weighted by molar-refractivity contribution is -0.146. The van der Waals surface area contributed by atoms with Crippen LogP contribution in [0.25, 0.3) is 0 Å². The standard InChI is InChI=1S/C12H23N3O4/c1-3-9-8-14(2)5-4-6-15(9)12(19)13-7-10(16)11(17)18/h9-10,16H,3-8H2,1-2H3,(H,13,19)(H,17,18)/t9?,10-/m0/s1. The molecule has 1 fully saturated rings. The van der Waals surface area contributed by atoms with Crippen LogP contribution in [0.5, 0.6) is 0 Å². The highest BCUT2D eigenvalue weighted by atomic mass is 16.4. The molecule has 0 aliphatic carbocycles. The normalized spacial score (nSPS) is 22.7. The van der Waals surface area contributed by atoms with E-state index in [1.165, 1.54) is 0 Å². The largest absolute Gasteiger partial charge is 0.479 e. The first-order valence-electron chi connectivity index (χ1n) is 6.59. The highest BCUT2D eigenvalue weighted by Crippen LogP contribution is 2.12. The van der Waals surface area contributed by atoms with Gasteiger partial charge in [-0.05, 0) is 26.4 Å². The summed E-state index contributed by atoms with van der Waals surface area (Å²) in [6.07, 6.45) is 0.180. The van der Waals surface area contributed by atoms with Gasteiger partial charge in [-0.2, -0.15) is 0 Å². The van der Waals surface area contributed by atoms with E-state index in [2.05, 4.69) is 10.2 Å². The fourth-order valence-electron chi connectivity index (χ4n) is 2.23. The van der Waals surface area contributed by atoms with Gasteiger partial charge in [0.25, 0.3) is 0 Å². The van der Waals surface area contributed by atoms with Crippen molar-refractivity contribution in [1.82, 2.24) is 15.1 Å². The molecule has 0 spiro atoms. The van der Waals surface area contributed by atoms with E-state index in [9.17, 15) is 9.59 Å². The number of nitrogens with one attached hydrogen (secondary N) is 1. The van der Waals surface area contributed by atoms with Crippen molar-refractivity contribution in [2.75, 3.05) is 33.2 Å². The second kappa shape index (κ2) is 7.30. The van der Waals surface area contributed by atoms with Crippen LogP contribution in [0.15, 0.2) is 0 Å². The first-order chi connectivity index (χ1) is 8.95. The summed E-state index contributed by atoms with van der Waals surface area (Å²) in [6, 6.07) is -0.183. The number of aliphatic hydroxyl groups is 1. The quantitative estimate of drug-likeness (QED) is 0.645. The van der Waals surface area contributed by atoms with Gasteiger partial charge in [0.1, 0.15) is 0 Å². The number of nitrogens with zero attached hydrogens (tertiary/aromatic N) is 2. The number of carbonyl (C=O) groups is 2. The van der Waals surface area contributed by atoms with Gasteiger partial charge in [-0.1, -0.05) is 6.92 Å². The van der Waals surface area contributed by atoms with E-state index in [0.29, 0.717) is 6.54 Å². The van der Waals surface area contributed by atoms with Crippen LogP contribution >= 0.6 is 0 Å². The van der Waals surface area contributed by atoms with Crippen LogP contribution in [-0.2, 0) is 4.79 Å². The zero-order valence-corrected chi connectivity index (χ0v) is 11.5. The van der Waals surface area contributed by atoms with Crippen LogP contribution < -0.4 is 5.32 Å². The van der Waals surface area contributed by atoms with Crippen LogP contribution in [0.1, 0.15) is 19.8 Å². The summed E-state index contributed by atoms with van der Waals surface area (Å²) < 4.78 is 0. The predicted molar refractivity (Wildman–Crippen MR) is 69.9 cm³/mol. The molecule has 0 aromatic heterocycles. The van der Waals surface area contributed by atoms with Crippen LogP contribution in [0.4, 0.5) is 4.79 Å². The van der Waals surface area contributed by atoms with Gasteiger partial charge in [0.05, 0.1) is 6.54 Å². The highest BCUT2D eigenvalue weighted by molar-refractivity contribution is 5.77. The van der Waals surface area contributed by atoms with Gasteiger partial charge >= 0.3 is 12.0 Å². The Bertz CT molecular complexity index is 324. The number of likely N-dealkylation sites (N-methyl/N-ethyl adjacent to an activating group) is 1. The number of hydrogen-bond acceptors (Lipinski definition) is 4. The summed E-state index contributed by atoms with van der Waals surface area (Å²) in [6.45, 7) is 4.16. The molecule has 110 valence electrons. The van der Waals surface area contributed by atoms with E-state index in [4.69, 9.17) is 10.2 Å². The summed E-state index contributed by atoms with van der Waals surface area (Å²) in [4.78, 5) is 26.5. The maximum absolute atomic E-state index is 12.0. The second-order valence-corrected chi connectivity index (χ2v) is 4.91. The van der Waals surface area contributed by atoms with Gasteiger partial charge in [0.15, 0.2) is 6.10 Å². The van der Waals surface area contributed by atoms with Crippen molar-refractivity contribution in [2.24, 2.45) is 0 Å². The van der Waals surface area contributed by atoms with Crippen molar-refractivity contribution >= 4 is 12.0 Å². The van der Waals surface area contributed by atoms with E-state index >= 15 is 0 Å². The molecule has 0 saturated carbocycles. The summed E-state index contributed by atoms with van der Waals surface area (Å²) in [5.74, 6) is -1.33. The minimum Gasteiger partial charge on any atom is -0.479 e. The third kappa shape index (κ3) is 4.68. The average molecular weight is 273 g/mol. The summed E-state index contributed by atoms with van der Waals surface area (Å²) in [7, 11) is 2.03. The number of urea groups is 1. The van der Waals surface area contributed by atoms with Gasteiger partial charge < -0.3 is 25.3 Å². The average Bonchev–Trinajstić information content (AvgIpc) is 2.56. The third-order valence-corrected chi connectivity index (χ3v) is 3.37. The number of carbonyl (C=O) groups excluding carboxylic acids is 1. The number of rotatable bonds is 4. The zero-order valence-electron chi connectivity index (χ0n) is 11.5. The Labute approximate surface area is 113 Å². The lowest BCUT2D eigenvalue weighted by atomic mass is 10.2. The minimum atomic E-state index is -1.56. The van der Waals surface area contributed by atoms with Gasteiger partial charge in [0.2, 0.25) is 0 Å². The molecule has 0 bridgehead atoms. The fraction of sp³-hybridized carbons (Fsp3) is 0.833. The molecule has 0 aromatic rings. The van der Waals surface area contributed by atoms with Crippen molar-refractivity contribution in [3.8, 4) is 0 Å². The molecule has 2 atom stereocenters. The lowest BCUT2D eigenvalue weighted by Gasteiger charge is -2.30. The summed E-state index contributed by atoms with van der Waals surface area (Å²) in [5, 5.41) is 20.2. The number of aliphatic carboxylic acids is 1. The first kappa shape index (κ1) is 15.7. The molecule has 7 nitrogen and oxygen atoms in total. The maximum Gasteiger partial charge on any atom is 0.334 e. The van der Waals surface area contributed by atoms with Gasteiger partial charge in [0, 0.05) is 19.1 Å². The molecular formula is C12H23N3O4. The Balaban J connectivity index is 2.55. The molecule has 1 unspecified atom stereocenters. The van der Waals surface area contributed by atoms with Gasteiger partial charge in [-0.25, -0.2) is 9.59 Å². The van der Waals surface area contributed by atoms with E-state index in [1.807, 2.05) is 14.0 Å². The molecular weight excluding hydrogens is 250 g/mol. The maximum atomic E-state index is 12.0. The van der Waals surface area contributed by atoms with Crippen LogP contribution in [-0.4, -0.2) is 77.4 Å². The van der Waals surface area contributed by atoms with Crippen LogP contribution in [0.3, 0.4) is 0 Å². The Hall–Kier alpha value is -1.34. The van der Waals surface area contributed by atoms with E-state index in [-0.39, 0.29) is 18.6 Å². The molecule has 0 aromatic carbocycles. The van der Waals surface area contributed by atoms with Crippen LogP contribution in [0, 0.1) is 0 Å². The molecule has 19 heavy (non-hydrogen) atoms. The van der Waals surface area contributed by atoms with E-state index < -0.39 is 12.1 Å². The summed E-state index contributed by atoms with van der Waals surface area (Å²) >= 11 is 0. The van der Waals surface area contributed by atoms with Crippen molar-refractivity contribution in [3.05, 3.63) is 0 Å². The molecule has 3 N–H and O–H groups in total. The Morgan fingerprint density at radius 3 is 2.68 bits per heavy atom. The number of amides is 2. The number of hydrogen-bond donors (Lipinski definition) is 3. The smallest absolute Gasteiger partial charge is 0.334 e. The molecule has 1 aliphatic heterocycles. The number of aliphatic hydroxyl groups excluding tert-OH is 1. The molecule has 7 heteroatoms. The molecule has 0 radical (unpaired) electrons. The topological polar surface area (TPSA) is 93.1 Å². The van der Waals surface area contributed by atoms with Crippen molar-refractivity contribution in [1.29, 1.82) is 0 Å². The Morgan fingerprint density at radius 2 is 2.11 bits per heavy atom. The number of carboxylic acid groups (broad SMARTS) is 1. The Morgan fingerprint density at radius 1 is 1.42 bits per heavy atom. The monoisotopic (exact) mass is 273 g/mol. The molecule has 1 rings (SSSR count). The van der Waals surface area contributed by atoms with Crippen molar-refractivity contribution in [3.63, 3.8) is 0 Å². The summed E-state index contributed by atoms with van der Waals surface area (Å²) in [5.41, 5.74) is 0. The molecule has 2 amide bonds.